The van der Waals surface area contributed by atoms with E-state index in [4.69, 9.17) is 14.2 Å². The van der Waals surface area contributed by atoms with Crippen LogP contribution in [0.15, 0.2) is 115 Å². The van der Waals surface area contributed by atoms with Gasteiger partial charge in [0.05, 0.1) is 69.8 Å². The quantitative estimate of drug-likeness (QED) is 0.0312. The summed E-state index contributed by atoms with van der Waals surface area (Å²) >= 11 is 0. The van der Waals surface area contributed by atoms with Crippen LogP contribution in [0.5, 0.6) is 11.5 Å². The maximum atomic E-state index is 15.8. The molecule has 3 heterocycles. The van der Waals surface area contributed by atoms with E-state index in [0.717, 1.165) is 22.0 Å². The van der Waals surface area contributed by atoms with Crippen molar-refractivity contribution in [2.75, 3.05) is 49.8 Å². The highest BCUT2D eigenvalue weighted by molar-refractivity contribution is 6.91. The molecule has 1 fully saturated rings. The van der Waals surface area contributed by atoms with Crippen molar-refractivity contribution in [1.29, 1.82) is 0 Å². The Morgan fingerprint density at radius 3 is 2.34 bits per heavy atom. The molecule has 368 valence electrons. The van der Waals surface area contributed by atoms with Gasteiger partial charge < -0.3 is 39.5 Å². The maximum Gasteiger partial charge on any atom is 0.269 e. The number of aliphatic hydroxyl groups excluding tert-OH is 2. The summed E-state index contributed by atoms with van der Waals surface area (Å²) in [6, 6.07) is 34.5. The van der Waals surface area contributed by atoms with Crippen LogP contribution in [0, 0.1) is 16.0 Å². The van der Waals surface area contributed by atoms with Gasteiger partial charge in [-0.3, -0.25) is 29.4 Å². The highest BCUT2D eigenvalue weighted by Gasteiger charge is 2.67. The zero-order valence-electron chi connectivity index (χ0n) is 40.5. The predicted molar refractivity (Wildman–Crippen MR) is 270 cm³/mol. The minimum Gasteiger partial charge on any atom is -0.497 e. The van der Waals surface area contributed by atoms with Gasteiger partial charge in [-0.15, -0.1) is 0 Å². The lowest BCUT2D eigenvalue weighted by Gasteiger charge is -2.37. The fourth-order valence-electron chi connectivity index (χ4n) is 11.0. The van der Waals surface area contributed by atoms with Crippen molar-refractivity contribution in [3.8, 4) is 11.5 Å². The number of hydrogen-bond acceptors (Lipinski definition) is 11. The molecular weight excluding hydrogens is 907 g/mol. The van der Waals surface area contributed by atoms with E-state index < -0.39 is 42.6 Å². The third kappa shape index (κ3) is 9.70. The molecule has 5 aromatic rings. The number of unbranched alkanes of at least 4 members (excludes halogenated alkanes) is 1. The first-order valence-corrected chi connectivity index (χ1v) is 27.2. The van der Waals surface area contributed by atoms with Crippen LogP contribution in [-0.2, 0) is 44.2 Å². The Morgan fingerprint density at radius 1 is 0.914 bits per heavy atom. The highest BCUT2D eigenvalue weighted by atomic mass is 28.3. The van der Waals surface area contributed by atoms with Crippen LogP contribution in [0.25, 0.3) is 0 Å². The van der Waals surface area contributed by atoms with Crippen LogP contribution >= 0.6 is 0 Å². The minimum atomic E-state index is -2.73. The van der Waals surface area contributed by atoms with Crippen LogP contribution in [0.2, 0.25) is 18.6 Å². The van der Waals surface area contributed by atoms with Crippen LogP contribution in [-0.4, -0.2) is 98.0 Å². The average molecular weight is 970 g/mol. The summed E-state index contributed by atoms with van der Waals surface area (Å²) in [5, 5.41) is 36.5. The molecule has 1 spiro atoms. The summed E-state index contributed by atoms with van der Waals surface area (Å²) in [7, 11) is -1.13. The number of nitro benzene ring substituents is 1. The molecule has 16 heteroatoms. The van der Waals surface area contributed by atoms with Gasteiger partial charge in [0, 0.05) is 49.0 Å². The number of nitrogens with one attached hydrogen (secondary N) is 1. The number of carbonyl (C=O) groups excluding carboxylic acids is 3. The molecule has 5 atom stereocenters. The zero-order valence-corrected chi connectivity index (χ0v) is 41.5. The molecule has 1 saturated heterocycles. The van der Waals surface area contributed by atoms with E-state index >= 15 is 4.79 Å². The number of anilines is 3. The van der Waals surface area contributed by atoms with Crippen molar-refractivity contribution in [2.24, 2.45) is 5.92 Å². The van der Waals surface area contributed by atoms with E-state index in [1.807, 2.05) is 111 Å². The second-order valence-electron chi connectivity index (χ2n) is 18.9. The van der Waals surface area contributed by atoms with E-state index in [2.05, 4.69) is 18.4 Å². The SMILES string of the molecule is CCOc1ccc2c(c1)CC(NCCCCO)C(=O)N2c1cccc(CN2C(=O)[C@@]3(O[C@@H](CC(=O)N(CCO)Cc4ccccc4)[C@H]([Si](C)(C)c4ccc(OC)cc4)[C@H]3C)c3cc([N+](=O)[O-])ccc32)c1. The summed E-state index contributed by atoms with van der Waals surface area (Å²) in [6.45, 7) is 9.56. The number of non-ortho nitro benzene ring substituents is 1. The Morgan fingerprint density at radius 2 is 1.64 bits per heavy atom. The van der Waals surface area contributed by atoms with Crippen LogP contribution in [0.4, 0.5) is 22.7 Å². The zero-order chi connectivity index (χ0) is 49.7. The Labute approximate surface area is 410 Å². The van der Waals surface area contributed by atoms with E-state index in [1.54, 1.807) is 27.9 Å². The smallest absolute Gasteiger partial charge is 0.269 e. The summed E-state index contributed by atoms with van der Waals surface area (Å²) in [5.74, 6) is 0.0368. The number of nitro groups is 1. The second-order valence-corrected chi connectivity index (χ2v) is 23.6. The number of carbonyl (C=O) groups is 3. The van der Waals surface area contributed by atoms with Crippen LogP contribution < -0.4 is 29.8 Å². The fraction of sp³-hybridized carbons (Fsp3) is 0.389. The first-order chi connectivity index (χ1) is 33.7. The largest absolute Gasteiger partial charge is 0.497 e. The van der Waals surface area contributed by atoms with Crippen molar-refractivity contribution in [1.82, 2.24) is 10.2 Å². The number of amides is 3. The van der Waals surface area contributed by atoms with Crippen molar-refractivity contribution < 1.29 is 43.7 Å². The summed E-state index contributed by atoms with van der Waals surface area (Å²) in [4.78, 5) is 61.8. The number of aliphatic hydroxyl groups is 2. The molecule has 0 aliphatic carbocycles. The third-order valence-corrected chi connectivity index (χ3v) is 18.7. The Bertz CT molecular complexity index is 2700. The van der Waals surface area contributed by atoms with E-state index in [0.29, 0.717) is 66.4 Å². The molecule has 0 saturated carbocycles. The van der Waals surface area contributed by atoms with Gasteiger partial charge in [0.15, 0.2) is 5.60 Å². The summed E-state index contributed by atoms with van der Waals surface area (Å²) in [6.07, 6.45) is 0.885. The first kappa shape index (κ1) is 50.0. The van der Waals surface area contributed by atoms with E-state index in [1.165, 1.54) is 12.1 Å². The van der Waals surface area contributed by atoms with Gasteiger partial charge in [0.25, 0.3) is 11.6 Å². The van der Waals surface area contributed by atoms with Crippen molar-refractivity contribution in [3.63, 3.8) is 0 Å². The molecule has 8 rings (SSSR count). The Kier molecular flexibility index (Phi) is 15.2. The second kappa shape index (κ2) is 21.3. The lowest BCUT2D eigenvalue weighted by atomic mass is 9.82. The number of methoxy groups -OCH3 is 1. The number of rotatable bonds is 20. The number of hydrogen-bond donors (Lipinski definition) is 3. The number of benzene rings is 5. The van der Waals surface area contributed by atoms with Crippen molar-refractivity contribution in [2.45, 2.75) is 89.0 Å². The van der Waals surface area contributed by atoms with Gasteiger partial charge in [-0.05, 0) is 103 Å². The highest BCUT2D eigenvalue weighted by Crippen LogP contribution is 2.60. The average Bonchev–Trinajstić information content (AvgIpc) is 3.78. The monoisotopic (exact) mass is 969 g/mol. The van der Waals surface area contributed by atoms with E-state index in [-0.39, 0.29) is 62.3 Å². The molecular formula is C54H63N5O10Si. The van der Waals surface area contributed by atoms with Gasteiger partial charge in [-0.1, -0.05) is 79.8 Å². The van der Waals surface area contributed by atoms with E-state index in [9.17, 15) is 29.9 Å². The number of ether oxygens (including phenoxy) is 3. The van der Waals surface area contributed by atoms with Crippen molar-refractivity contribution in [3.05, 3.63) is 148 Å². The molecule has 1 unspecified atom stereocenters. The third-order valence-electron chi connectivity index (χ3n) is 14.4. The molecule has 3 aliphatic heterocycles. The maximum absolute atomic E-state index is 15.8. The number of nitrogens with zero attached hydrogens (tertiary/aromatic N) is 4. The van der Waals surface area contributed by atoms with Gasteiger partial charge in [-0.25, -0.2) is 0 Å². The fourth-order valence-corrected chi connectivity index (χ4v) is 15.0. The van der Waals surface area contributed by atoms with Crippen LogP contribution in [0.3, 0.4) is 0 Å². The Balaban J connectivity index is 1.18. The van der Waals surface area contributed by atoms with Gasteiger partial charge >= 0.3 is 0 Å². The molecule has 0 bridgehead atoms. The molecule has 15 nitrogen and oxygen atoms in total. The molecule has 70 heavy (non-hydrogen) atoms. The van der Waals surface area contributed by atoms with Gasteiger partial charge in [-0.2, -0.15) is 0 Å². The molecule has 0 radical (unpaired) electrons. The van der Waals surface area contributed by atoms with Crippen LogP contribution in [0.1, 0.15) is 55.4 Å². The molecule has 3 aliphatic rings. The van der Waals surface area contributed by atoms with Gasteiger partial charge in [0.2, 0.25) is 11.8 Å². The normalized spacial score (nSPS) is 20.7. The van der Waals surface area contributed by atoms with Gasteiger partial charge in [0.1, 0.15) is 11.5 Å². The summed E-state index contributed by atoms with van der Waals surface area (Å²) < 4.78 is 18.6. The summed E-state index contributed by atoms with van der Waals surface area (Å²) in [5.41, 5.74) is 2.42. The minimum absolute atomic E-state index is 0.0469. The molecule has 5 aromatic carbocycles. The lowest BCUT2D eigenvalue weighted by Crippen LogP contribution is -2.52. The molecule has 3 amide bonds. The molecule has 3 N–H and O–H groups in total. The Hall–Kier alpha value is -6.43. The standard InChI is InChI=1S/C54H63N5O10Si/c1-6-68-43-20-24-47-39(30-43)31-46(55-25-10-11-27-60)52(63)58(47)40-16-12-15-38(29-40)35-57-48-23-17-41(59(65)66)32-45(48)54(53(57)64)36(2)51(70(4,5)44-21-18-42(67-3)19-22-44)49(69-54)33-50(62)56(26-28-61)34-37-13-8-7-9-14-37/h7-9,12-24,29-30,32,36,46,49,51,55,60-61H,6,10-11,25-28,31,33-35H2,1-5H3/t36-,46?,49+,51-,54+/m1/s1. The predicted octanol–water partition coefficient (Wildman–Crippen LogP) is 7.13. The molecule has 0 aromatic heterocycles. The number of fused-ring (bicyclic) bond motifs is 3. The first-order valence-electron chi connectivity index (χ1n) is 24.1. The van der Waals surface area contributed by atoms with Crippen molar-refractivity contribution >= 4 is 53.7 Å². The topological polar surface area (TPSA) is 184 Å². The lowest BCUT2D eigenvalue weighted by molar-refractivity contribution is -0.385.